The van der Waals surface area contributed by atoms with E-state index < -0.39 is 58.9 Å². The highest BCUT2D eigenvalue weighted by Crippen LogP contribution is 2.43. The van der Waals surface area contributed by atoms with Crippen molar-refractivity contribution in [3.8, 4) is 0 Å². The van der Waals surface area contributed by atoms with E-state index in [1.165, 1.54) is 23.5 Å². The van der Waals surface area contributed by atoms with Gasteiger partial charge in [-0.05, 0) is 49.4 Å². The van der Waals surface area contributed by atoms with E-state index in [-0.39, 0.29) is 30.1 Å². The second-order valence-corrected chi connectivity index (χ2v) is 12.9. The normalized spacial score (nSPS) is 22.6. The SMILES string of the molecule is CCC[C@H](NC(=O)[C@@H]1[C@H]2CCC[C@H]2CN1C(=O)C(NC(=O)CNC(=O)c1cnccn1)C(C)(C)C)C(=O)C(=O)NC1CC1. The predicted octanol–water partition coefficient (Wildman–Crippen LogP) is 0.497. The molecule has 0 radical (unpaired) electrons. The van der Waals surface area contributed by atoms with E-state index in [1.807, 2.05) is 27.7 Å². The highest BCUT2D eigenvalue weighted by atomic mass is 16.2. The zero-order valence-corrected chi connectivity index (χ0v) is 25.4. The Hall–Kier alpha value is -3.90. The minimum absolute atomic E-state index is 0.0153. The van der Waals surface area contributed by atoms with Crippen molar-refractivity contribution in [1.29, 1.82) is 0 Å². The summed E-state index contributed by atoms with van der Waals surface area (Å²) in [5.41, 5.74) is -0.664. The van der Waals surface area contributed by atoms with Crippen LogP contribution in [0.5, 0.6) is 0 Å². The van der Waals surface area contributed by atoms with Gasteiger partial charge in [0.1, 0.15) is 17.8 Å². The number of carbonyl (C=O) groups is 6. The summed E-state index contributed by atoms with van der Waals surface area (Å²) in [5.74, 6) is -3.32. The smallest absolute Gasteiger partial charge is 0.289 e. The van der Waals surface area contributed by atoms with Gasteiger partial charge in [0, 0.05) is 25.0 Å². The van der Waals surface area contributed by atoms with Gasteiger partial charge in [0.15, 0.2) is 0 Å². The third-order valence-electron chi connectivity index (χ3n) is 8.41. The van der Waals surface area contributed by atoms with Crippen molar-refractivity contribution >= 4 is 35.3 Å². The van der Waals surface area contributed by atoms with E-state index in [2.05, 4.69) is 31.2 Å². The molecular weight excluding hydrogens is 554 g/mol. The van der Waals surface area contributed by atoms with E-state index in [1.54, 1.807) is 0 Å². The summed E-state index contributed by atoms with van der Waals surface area (Å²) in [4.78, 5) is 87.9. The average molecular weight is 598 g/mol. The second-order valence-electron chi connectivity index (χ2n) is 12.9. The van der Waals surface area contributed by atoms with E-state index in [9.17, 15) is 28.8 Å². The molecule has 2 aliphatic carbocycles. The fourth-order valence-corrected chi connectivity index (χ4v) is 6.02. The van der Waals surface area contributed by atoms with Crippen LogP contribution in [0.15, 0.2) is 18.6 Å². The van der Waals surface area contributed by atoms with Crippen molar-refractivity contribution in [2.24, 2.45) is 17.3 Å². The lowest BCUT2D eigenvalue weighted by atomic mass is 9.85. The van der Waals surface area contributed by atoms with Gasteiger partial charge in [-0.2, -0.15) is 0 Å². The zero-order chi connectivity index (χ0) is 31.3. The van der Waals surface area contributed by atoms with Gasteiger partial charge >= 0.3 is 0 Å². The molecule has 1 saturated heterocycles. The second kappa shape index (κ2) is 13.6. The molecule has 2 saturated carbocycles. The van der Waals surface area contributed by atoms with Gasteiger partial charge < -0.3 is 26.2 Å². The van der Waals surface area contributed by atoms with Crippen LogP contribution in [0.25, 0.3) is 0 Å². The van der Waals surface area contributed by atoms with E-state index in [0.29, 0.717) is 19.4 Å². The molecule has 5 amide bonds. The molecule has 4 rings (SSSR count). The fourth-order valence-electron chi connectivity index (χ4n) is 6.02. The van der Waals surface area contributed by atoms with E-state index in [4.69, 9.17) is 0 Å². The Kier molecular flexibility index (Phi) is 10.1. The summed E-state index contributed by atoms with van der Waals surface area (Å²) in [6.07, 6.45) is 9.22. The molecule has 43 heavy (non-hydrogen) atoms. The van der Waals surface area contributed by atoms with Crippen LogP contribution >= 0.6 is 0 Å². The number of ketones is 1. The quantitative estimate of drug-likeness (QED) is 0.251. The number of hydrogen-bond acceptors (Lipinski definition) is 8. The van der Waals surface area contributed by atoms with Gasteiger partial charge in [-0.3, -0.25) is 33.8 Å². The number of aromatic nitrogens is 2. The number of nitrogens with one attached hydrogen (secondary N) is 4. The number of rotatable bonds is 12. The highest BCUT2D eigenvalue weighted by Gasteiger charge is 2.52. The van der Waals surface area contributed by atoms with Crippen molar-refractivity contribution in [2.45, 2.75) is 96.8 Å². The van der Waals surface area contributed by atoms with Crippen molar-refractivity contribution in [3.05, 3.63) is 24.3 Å². The summed E-state index contributed by atoms with van der Waals surface area (Å²) < 4.78 is 0. The van der Waals surface area contributed by atoms with Crippen molar-refractivity contribution < 1.29 is 28.8 Å². The first-order valence-electron chi connectivity index (χ1n) is 15.2. The molecule has 234 valence electrons. The lowest BCUT2D eigenvalue weighted by Gasteiger charge is -2.36. The summed E-state index contributed by atoms with van der Waals surface area (Å²) >= 11 is 0. The van der Waals surface area contributed by atoms with Gasteiger partial charge in [-0.15, -0.1) is 0 Å². The Bertz CT molecular complexity index is 1230. The van der Waals surface area contributed by atoms with Crippen LogP contribution in [-0.4, -0.2) is 87.4 Å². The molecule has 2 heterocycles. The Labute approximate surface area is 251 Å². The molecule has 0 spiro atoms. The standard InChI is InChI=1S/C30H43N7O6/c1-5-7-20(24(39)28(42)34-18-10-11-18)35-27(41)23-19-9-6-8-17(19)16-37(23)29(43)25(30(2,3)4)36-22(38)15-33-26(40)21-14-31-12-13-32-21/h12-14,17-20,23,25H,5-11,15-16H2,1-4H3,(H,33,40)(H,34,42)(H,35,41)(H,36,38)/t17-,19-,20-,23-,25?/m0/s1. The first kappa shape index (κ1) is 32.0. The number of nitrogens with zero attached hydrogens (tertiary/aromatic N) is 3. The summed E-state index contributed by atoms with van der Waals surface area (Å²) in [5, 5.41) is 10.8. The van der Waals surface area contributed by atoms with Gasteiger partial charge in [0.25, 0.3) is 11.8 Å². The van der Waals surface area contributed by atoms with Crippen LogP contribution < -0.4 is 21.3 Å². The van der Waals surface area contributed by atoms with Crippen LogP contribution in [0.2, 0.25) is 0 Å². The largest absolute Gasteiger partial charge is 0.347 e. The van der Waals surface area contributed by atoms with Crippen molar-refractivity contribution in [1.82, 2.24) is 36.1 Å². The molecule has 13 heteroatoms. The number of carbonyl (C=O) groups excluding carboxylic acids is 6. The number of hydrogen-bond donors (Lipinski definition) is 4. The molecule has 3 aliphatic rings. The van der Waals surface area contributed by atoms with Gasteiger partial charge in [-0.25, -0.2) is 4.98 Å². The van der Waals surface area contributed by atoms with Crippen LogP contribution in [0.4, 0.5) is 0 Å². The van der Waals surface area contributed by atoms with Crippen LogP contribution in [0, 0.1) is 17.3 Å². The van der Waals surface area contributed by atoms with Crippen molar-refractivity contribution in [3.63, 3.8) is 0 Å². The summed E-state index contributed by atoms with van der Waals surface area (Å²) in [7, 11) is 0. The molecular formula is C30H43N7O6. The minimum atomic E-state index is -0.986. The Balaban J connectivity index is 1.47. The maximum Gasteiger partial charge on any atom is 0.289 e. The fraction of sp³-hybridized carbons (Fsp3) is 0.667. The van der Waals surface area contributed by atoms with Gasteiger partial charge in [-0.1, -0.05) is 40.5 Å². The molecule has 4 N–H and O–H groups in total. The summed E-state index contributed by atoms with van der Waals surface area (Å²) in [6.45, 7) is 7.29. The monoisotopic (exact) mass is 597 g/mol. The minimum Gasteiger partial charge on any atom is -0.347 e. The van der Waals surface area contributed by atoms with Crippen LogP contribution in [0.1, 0.15) is 83.1 Å². The average Bonchev–Trinajstić information content (AvgIpc) is 3.53. The first-order chi connectivity index (χ1) is 20.4. The number of Topliss-reactive ketones (excluding diaryl/α,β-unsaturated/α-hetero) is 1. The van der Waals surface area contributed by atoms with Crippen LogP contribution in [0.3, 0.4) is 0 Å². The van der Waals surface area contributed by atoms with E-state index in [0.717, 1.165) is 32.1 Å². The number of likely N-dealkylation sites (tertiary alicyclic amines) is 1. The predicted molar refractivity (Wildman–Crippen MR) is 155 cm³/mol. The third kappa shape index (κ3) is 7.94. The molecule has 1 aliphatic heterocycles. The third-order valence-corrected chi connectivity index (χ3v) is 8.41. The first-order valence-corrected chi connectivity index (χ1v) is 15.2. The Morgan fingerprint density at radius 1 is 1.02 bits per heavy atom. The topological polar surface area (TPSA) is 180 Å². The Morgan fingerprint density at radius 3 is 2.40 bits per heavy atom. The van der Waals surface area contributed by atoms with Crippen LogP contribution in [-0.2, 0) is 24.0 Å². The van der Waals surface area contributed by atoms with Gasteiger partial charge in [0.2, 0.25) is 23.5 Å². The number of fused-ring (bicyclic) bond motifs is 1. The maximum absolute atomic E-state index is 14.1. The van der Waals surface area contributed by atoms with E-state index >= 15 is 0 Å². The Morgan fingerprint density at radius 2 is 1.77 bits per heavy atom. The lowest BCUT2D eigenvalue weighted by Crippen LogP contribution is -2.60. The molecule has 1 aromatic rings. The number of amides is 5. The molecule has 0 aromatic carbocycles. The molecule has 1 aromatic heterocycles. The molecule has 1 unspecified atom stereocenters. The molecule has 13 nitrogen and oxygen atoms in total. The molecule has 3 fully saturated rings. The van der Waals surface area contributed by atoms with Crippen molar-refractivity contribution in [2.75, 3.05) is 13.1 Å². The summed E-state index contributed by atoms with van der Waals surface area (Å²) in [6, 6.07) is -2.78. The highest BCUT2D eigenvalue weighted by molar-refractivity contribution is 6.38. The maximum atomic E-state index is 14.1. The zero-order valence-electron chi connectivity index (χ0n) is 25.4. The molecule has 0 bridgehead atoms. The lowest BCUT2D eigenvalue weighted by molar-refractivity contribution is -0.145. The molecule has 5 atom stereocenters. The van der Waals surface area contributed by atoms with Gasteiger partial charge in [0.05, 0.1) is 18.8 Å².